The summed E-state index contributed by atoms with van der Waals surface area (Å²) in [5, 5.41) is 5.15. The Morgan fingerprint density at radius 1 is 1.03 bits per heavy atom. The first kappa shape index (κ1) is 27.6. The molecule has 1 saturated heterocycles. The second-order valence-corrected chi connectivity index (χ2v) is 8.88. The van der Waals surface area contributed by atoms with Gasteiger partial charge in [0.15, 0.2) is 18.1 Å². The zero-order chi connectivity index (χ0) is 28.1. The predicted octanol–water partition coefficient (Wildman–Crippen LogP) is 5.22. The second-order valence-electron chi connectivity index (χ2n) is 8.04. The highest BCUT2D eigenvalue weighted by atomic mass is 35.5. The van der Waals surface area contributed by atoms with E-state index in [0.29, 0.717) is 16.3 Å². The Labute approximate surface area is 232 Å². The number of hydrogen-bond donors (Lipinski definition) is 2. The molecule has 0 saturated carbocycles. The van der Waals surface area contributed by atoms with Crippen LogP contribution >= 0.6 is 23.2 Å². The Morgan fingerprint density at radius 2 is 1.72 bits per heavy atom. The molecule has 12 heteroatoms. The Balaban J connectivity index is 1.57. The third-order valence-corrected chi connectivity index (χ3v) is 5.84. The molecular weight excluding hydrogens is 552 g/mol. The first-order valence-electron chi connectivity index (χ1n) is 11.5. The van der Waals surface area contributed by atoms with Crippen molar-refractivity contribution in [3.8, 4) is 11.5 Å². The molecule has 0 atom stereocenters. The van der Waals surface area contributed by atoms with Crippen LogP contribution in [0.15, 0.2) is 66.2 Å². The van der Waals surface area contributed by atoms with Gasteiger partial charge in [-0.1, -0.05) is 23.2 Å². The molecule has 3 aromatic rings. The highest BCUT2D eigenvalue weighted by Crippen LogP contribution is 2.37. The Kier molecular flexibility index (Phi) is 8.48. The molecule has 1 heterocycles. The molecule has 0 aliphatic carbocycles. The monoisotopic (exact) mass is 571 g/mol. The van der Waals surface area contributed by atoms with E-state index in [4.69, 9.17) is 32.7 Å². The normalized spacial score (nSPS) is 14.3. The molecule has 39 heavy (non-hydrogen) atoms. The topological polar surface area (TPSA) is 114 Å². The quantitative estimate of drug-likeness (QED) is 0.283. The van der Waals surface area contributed by atoms with Crippen LogP contribution in [0.4, 0.5) is 20.6 Å². The van der Waals surface area contributed by atoms with E-state index >= 15 is 0 Å². The van der Waals surface area contributed by atoms with Crippen molar-refractivity contribution < 1.29 is 33.0 Å². The van der Waals surface area contributed by atoms with Crippen LogP contribution in [0, 0.1) is 5.82 Å². The molecule has 5 amide bonds. The number of rotatable bonds is 8. The van der Waals surface area contributed by atoms with Gasteiger partial charge in [0.05, 0.1) is 17.3 Å². The number of imide groups is 2. The number of anilines is 2. The number of ether oxygens (including phenoxy) is 2. The van der Waals surface area contributed by atoms with Crippen LogP contribution in [0.25, 0.3) is 6.08 Å². The van der Waals surface area contributed by atoms with Gasteiger partial charge in [0, 0.05) is 10.7 Å². The van der Waals surface area contributed by atoms with E-state index in [1.165, 1.54) is 66.7 Å². The van der Waals surface area contributed by atoms with Gasteiger partial charge in [-0.15, -0.1) is 0 Å². The van der Waals surface area contributed by atoms with Gasteiger partial charge in [-0.3, -0.25) is 19.7 Å². The summed E-state index contributed by atoms with van der Waals surface area (Å²) in [5.41, 5.74) is 0.575. The number of nitrogens with zero attached hydrogens (tertiary/aromatic N) is 1. The molecule has 0 unspecified atom stereocenters. The lowest BCUT2D eigenvalue weighted by Gasteiger charge is -2.26. The number of barbiturate groups is 1. The van der Waals surface area contributed by atoms with Gasteiger partial charge >= 0.3 is 6.03 Å². The van der Waals surface area contributed by atoms with Crippen molar-refractivity contribution in [1.82, 2.24) is 5.32 Å². The average molecular weight is 572 g/mol. The fourth-order valence-corrected chi connectivity index (χ4v) is 3.99. The smallest absolute Gasteiger partial charge is 0.335 e. The maximum absolute atomic E-state index is 13.1. The third-order valence-electron chi connectivity index (χ3n) is 5.30. The molecule has 1 fully saturated rings. The van der Waals surface area contributed by atoms with Crippen molar-refractivity contribution >= 4 is 64.4 Å². The van der Waals surface area contributed by atoms with E-state index in [-0.39, 0.29) is 34.4 Å². The first-order valence-corrected chi connectivity index (χ1v) is 12.2. The zero-order valence-electron chi connectivity index (χ0n) is 20.3. The molecule has 0 aromatic heterocycles. The Morgan fingerprint density at radius 3 is 2.38 bits per heavy atom. The number of amides is 5. The zero-order valence-corrected chi connectivity index (χ0v) is 21.8. The lowest BCUT2D eigenvalue weighted by molar-refractivity contribution is -0.122. The van der Waals surface area contributed by atoms with Crippen molar-refractivity contribution in [2.45, 2.75) is 6.92 Å². The van der Waals surface area contributed by atoms with Gasteiger partial charge in [-0.2, -0.15) is 0 Å². The lowest BCUT2D eigenvalue weighted by Crippen LogP contribution is -2.54. The highest BCUT2D eigenvalue weighted by Gasteiger charge is 2.36. The van der Waals surface area contributed by atoms with E-state index < -0.39 is 36.2 Å². The van der Waals surface area contributed by atoms with Gasteiger partial charge in [-0.05, 0) is 79.2 Å². The van der Waals surface area contributed by atoms with Gasteiger partial charge in [0.25, 0.3) is 17.7 Å². The van der Waals surface area contributed by atoms with Crippen LogP contribution in [0.1, 0.15) is 12.5 Å². The third kappa shape index (κ3) is 6.54. The number of carbonyl (C=O) groups is 4. The summed E-state index contributed by atoms with van der Waals surface area (Å²) >= 11 is 12.3. The molecule has 4 rings (SSSR count). The summed E-state index contributed by atoms with van der Waals surface area (Å²) < 4.78 is 24.3. The van der Waals surface area contributed by atoms with Crippen LogP contribution in [0.2, 0.25) is 10.0 Å². The van der Waals surface area contributed by atoms with Gasteiger partial charge in [-0.25, -0.2) is 14.1 Å². The minimum atomic E-state index is -0.903. The molecule has 0 spiro atoms. The molecule has 3 aromatic carbocycles. The Bertz CT molecular complexity index is 1480. The number of nitrogens with one attached hydrogen (secondary N) is 2. The van der Waals surface area contributed by atoms with Gasteiger partial charge in [0.2, 0.25) is 0 Å². The molecular formula is C27H20Cl2FN3O6. The number of carbonyl (C=O) groups excluding carboxylic acids is 4. The van der Waals surface area contributed by atoms with E-state index in [0.717, 1.165) is 4.90 Å². The van der Waals surface area contributed by atoms with Crippen molar-refractivity contribution in [1.29, 1.82) is 0 Å². The molecule has 2 N–H and O–H groups in total. The average Bonchev–Trinajstić information content (AvgIpc) is 2.88. The fraction of sp³-hybridized carbons (Fsp3) is 0.111. The molecule has 1 aliphatic heterocycles. The molecule has 9 nitrogen and oxygen atoms in total. The number of hydrogen-bond acceptors (Lipinski definition) is 6. The van der Waals surface area contributed by atoms with Gasteiger partial charge < -0.3 is 14.8 Å². The summed E-state index contributed by atoms with van der Waals surface area (Å²) in [6, 6.07) is 13.1. The summed E-state index contributed by atoms with van der Waals surface area (Å²) in [7, 11) is 0. The van der Waals surface area contributed by atoms with Crippen LogP contribution in [-0.2, 0) is 14.4 Å². The SMILES string of the molecule is CCOc1cc(/C=C2\C(=O)NC(=O)N(c3ccc(Cl)cc3)C2=O)cc(Cl)c1OCC(=O)Nc1ccc(F)cc1. The van der Waals surface area contributed by atoms with Crippen molar-refractivity contribution in [2.75, 3.05) is 23.4 Å². The molecule has 0 radical (unpaired) electrons. The van der Waals surface area contributed by atoms with Crippen molar-refractivity contribution in [2.24, 2.45) is 0 Å². The van der Waals surface area contributed by atoms with Crippen LogP contribution in [0.3, 0.4) is 0 Å². The number of urea groups is 1. The first-order chi connectivity index (χ1) is 18.7. The lowest BCUT2D eigenvalue weighted by atomic mass is 10.1. The van der Waals surface area contributed by atoms with E-state index in [1.54, 1.807) is 6.92 Å². The number of benzene rings is 3. The maximum atomic E-state index is 13.1. The summed E-state index contributed by atoms with van der Waals surface area (Å²) in [6.45, 7) is 1.50. The Hall–Kier alpha value is -4.41. The fourth-order valence-electron chi connectivity index (χ4n) is 3.59. The largest absolute Gasteiger partial charge is 0.490 e. The highest BCUT2D eigenvalue weighted by molar-refractivity contribution is 6.39. The van der Waals surface area contributed by atoms with Crippen LogP contribution < -0.4 is 25.0 Å². The van der Waals surface area contributed by atoms with Crippen LogP contribution in [-0.4, -0.2) is 37.0 Å². The summed E-state index contributed by atoms with van der Waals surface area (Å²) in [5.74, 6) is -2.49. The number of halogens is 3. The van der Waals surface area contributed by atoms with Crippen LogP contribution in [0.5, 0.6) is 11.5 Å². The molecule has 0 bridgehead atoms. The van der Waals surface area contributed by atoms with E-state index in [1.807, 2.05) is 0 Å². The summed E-state index contributed by atoms with van der Waals surface area (Å²) in [6.07, 6.45) is 1.26. The molecule has 1 aliphatic rings. The van der Waals surface area contributed by atoms with Gasteiger partial charge in [0.1, 0.15) is 11.4 Å². The van der Waals surface area contributed by atoms with E-state index in [2.05, 4.69) is 10.6 Å². The standard InChI is InChI=1S/C27H20Cl2FN3O6/c1-2-38-22-13-15(12-21(29)24(22)39-14-23(34)31-18-7-5-17(30)6-8-18)11-20-25(35)32-27(37)33(26(20)36)19-9-3-16(28)4-10-19/h3-13H,2,14H2,1H3,(H,31,34)(H,32,35,37)/b20-11+. The second kappa shape index (κ2) is 12.0. The minimum absolute atomic E-state index is 0.0386. The summed E-state index contributed by atoms with van der Waals surface area (Å²) in [4.78, 5) is 51.2. The molecule has 200 valence electrons. The van der Waals surface area contributed by atoms with Crippen molar-refractivity contribution in [3.63, 3.8) is 0 Å². The predicted molar refractivity (Wildman–Crippen MR) is 144 cm³/mol. The minimum Gasteiger partial charge on any atom is -0.490 e. The van der Waals surface area contributed by atoms with Crippen molar-refractivity contribution in [3.05, 3.63) is 87.7 Å². The maximum Gasteiger partial charge on any atom is 0.335 e. The van der Waals surface area contributed by atoms with E-state index in [9.17, 15) is 23.6 Å².